The standard InChI is InChI=1S/C14H12FNO3S/c1-2-16(10-5-3-9(15)4-6-10)13(17)11-7-8-12(20-11)14(18)19/h3-8H,2H2,1H3,(H,18,19). The van der Waals surface area contributed by atoms with E-state index in [0.717, 1.165) is 11.3 Å². The van der Waals surface area contributed by atoms with Gasteiger partial charge in [0.2, 0.25) is 0 Å². The molecule has 1 N–H and O–H groups in total. The molecular formula is C14H12FNO3S. The summed E-state index contributed by atoms with van der Waals surface area (Å²) in [6.45, 7) is 2.21. The van der Waals surface area contributed by atoms with Gasteiger partial charge in [-0.05, 0) is 43.3 Å². The van der Waals surface area contributed by atoms with Crippen molar-refractivity contribution < 1.29 is 19.1 Å². The SMILES string of the molecule is CCN(C(=O)c1ccc(C(=O)O)s1)c1ccc(F)cc1. The molecule has 0 aliphatic rings. The van der Waals surface area contributed by atoms with Crippen LogP contribution in [0.3, 0.4) is 0 Å². The van der Waals surface area contributed by atoms with Gasteiger partial charge in [0.15, 0.2) is 0 Å². The predicted molar refractivity (Wildman–Crippen MR) is 75.0 cm³/mol. The Labute approximate surface area is 119 Å². The lowest BCUT2D eigenvalue weighted by Crippen LogP contribution is -2.29. The van der Waals surface area contributed by atoms with Gasteiger partial charge in [-0.2, -0.15) is 0 Å². The van der Waals surface area contributed by atoms with E-state index in [-0.39, 0.29) is 16.6 Å². The summed E-state index contributed by atoms with van der Waals surface area (Å²) in [6, 6.07) is 8.48. The van der Waals surface area contributed by atoms with Crippen LogP contribution in [0.15, 0.2) is 36.4 Å². The zero-order chi connectivity index (χ0) is 14.7. The van der Waals surface area contributed by atoms with Gasteiger partial charge in [0, 0.05) is 12.2 Å². The molecule has 1 aromatic heterocycles. The van der Waals surface area contributed by atoms with E-state index >= 15 is 0 Å². The molecule has 0 fully saturated rings. The second-order valence-electron chi connectivity index (χ2n) is 3.99. The Kier molecular flexibility index (Phi) is 4.14. The number of carbonyl (C=O) groups excluding carboxylic acids is 1. The zero-order valence-electron chi connectivity index (χ0n) is 10.7. The zero-order valence-corrected chi connectivity index (χ0v) is 11.5. The number of carbonyl (C=O) groups is 2. The van der Waals surface area contributed by atoms with Gasteiger partial charge in [-0.15, -0.1) is 11.3 Å². The van der Waals surface area contributed by atoms with Gasteiger partial charge >= 0.3 is 5.97 Å². The number of amides is 1. The van der Waals surface area contributed by atoms with Crippen LogP contribution in [0.25, 0.3) is 0 Å². The maximum absolute atomic E-state index is 12.9. The van der Waals surface area contributed by atoms with E-state index in [1.807, 2.05) is 0 Å². The fraction of sp³-hybridized carbons (Fsp3) is 0.143. The Morgan fingerprint density at radius 1 is 1.15 bits per heavy atom. The molecule has 0 spiro atoms. The molecule has 104 valence electrons. The highest BCUT2D eigenvalue weighted by Crippen LogP contribution is 2.22. The van der Waals surface area contributed by atoms with Crippen LogP contribution < -0.4 is 4.90 Å². The van der Waals surface area contributed by atoms with Crippen LogP contribution in [0.2, 0.25) is 0 Å². The summed E-state index contributed by atoms with van der Waals surface area (Å²) < 4.78 is 12.9. The molecule has 0 saturated carbocycles. The minimum absolute atomic E-state index is 0.114. The van der Waals surface area contributed by atoms with Gasteiger partial charge in [0.25, 0.3) is 5.91 Å². The third-order valence-electron chi connectivity index (χ3n) is 2.73. The third-order valence-corrected chi connectivity index (χ3v) is 3.79. The molecule has 1 amide bonds. The molecule has 0 aliphatic heterocycles. The average Bonchev–Trinajstić information content (AvgIpc) is 2.91. The minimum Gasteiger partial charge on any atom is -0.477 e. The van der Waals surface area contributed by atoms with E-state index in [1.165, 1.54) is 41.3 Å². The second-order valence-corrected chi connectivity index (χ2v) is 5.08. The second kappa shape index (κ2) is 5.83. The van der Waals surface area contributed by atoms with Crippen LogP contribution in [0.4, 0.5) is 10.1 Å². The minimum atomic E-state index is -1.06. The van der Waals surface area contributed by atoms with Crippen molar-refractivity contribution in [1.29, 1.82) is 0 Å². The van der Waals surface area contributed by atoms with Gasteiger partial charge in [-0.3, -0.25) is 4.79 Å². The maximum atomic E-state index is 12.9. The van der Waals surface area contributed by atoms with Crippen molar-refractivity contribution in [3.05, 3.63) is 52.0 Å². The molecule has 4 nitrogen and oxygen atoms in total. The number of benzene rings is 1. The van der Waals surface area contributed by atoms with E-state index in [4.69, 9.17) is 5.11 Å². The number of thiophene rings is 1. The Bertz CT molecular complexity index is 636. The predicted octanol–water partition coefficient (Wildman–Crippen LogP) is 3.25. The van der Waals surface area contributed by atoms with Crippen molar-refractivity contribution in [2.45, 2.75) is 6.92 Å². The number of carboxylic acid groups (broad SMARTS) is 1. The third kappa shape index (κ3) is 2.85. The first kappa shape index (κ1) is 14.2. The van der Waals surface area contributed by atoms with E-state index in [1.54, 1.807) is 6.92 Å². The Balaban J connectivity index is 2.28. The topological polar surface area (TPSA) is 57.6 Å². The summed E-state index contributed by atoms with van der Waals surface area (Å²) in [5, 5.41) is 8.87. The molecule has 0 atom stereocenters. The highest BCUT2D eigenvalue weighted by molar-refractivity contribution is 7.16. The van der Waals surface area contributed by atoms with Crippen LogP contribution in [0.5, 0.6) is 0 Å². The average molecular weight is 293 g/mol. The molecule has 20 heavy (non-hydrogen) atoms. The van der Waals surface area contributed by atoms with Crippen LogP contribution in [0.1, 0.15) is 26.3 Å². The van der Waals surface area contributed by atoms with E-state index in [2.05, 4.69) is 0 Å². The van der Waals surface area contributed by atoms with Crippen LogP contribution in [0, 0.1) is 5.82 Å². The van der Waals surface area contributed by atoms with Crippen LogP contribution in [-0.2, 0) is 0 Å². The molecule has 1 aromatic carbocycles. The van der Waals surface area contributed by atoms with Gasteiger partial charge in [0.05, 0.1) is 4.88 Å². The number of nitrogens with zero attached hydrogens (tertiary/aromatic N) is 1. The first-order valence-electron chi connectivity index (χ1n) is 5.93. The first-order valence-corrected chi connectivity index (χ1v) is 6.75. The fourth-order valence-corrected chi connectivity index (χ4v) is 2.56. The summed E-state index contributed by atoms with van der Waals surface area (Å²) in [7, 11) is 0. The highest BCUT2D eigenvalue weighted by Gasteiger charge is 2.19. The van der Waals surface area contributed by atoms with Crippen molar-refractivity contribution >= 4 is 28.9 Å². The van der Waals surface area contributed by atoms with Gasteiger partial charge in [0.1, 0.15) is 10.7 Å². The first-order chi connectivity index (χ1) is 9.52. The lowest BCUT2D eigenvalue weighted by molar-refractivity contribution is 0.0702. The molecule has 0 bridgehead atoms. The van der Waals surface area contributed by atoms with Gasteiger partial charge in [-0.25, -0.2) is 9.18 Å². The van der Waals surface area contributed by atoms with E-state index in [0.29, 0.717) is 17.1 Å². The van der Waals surface area contributed by atoms with Crippen molar-refractivity contribution in [1.82, 2.24) is 0 Å². The van der Waals surface area contributed by atoms with Crippen molar-refractivity contribution in [2.24, 2.45) is 0 Å². The quantitative estimate of drug-likeness (QED) is 0.941. The summed E-state index contributed by atoms with van der Waals surface area (Å²) >= 11 is 0.926. The Morgan fingerprint density at radius 2 is 1.75 bits per heavy atom. The van der Waals surface area contributed by atoms with Crippen LogP contribution in [-0.4, -0.2) is 23.5 Å². The van der Waals surface area contributed by atoms with E-state index in [9.17, 15) is 14.0 Å². The van der Waals surface area contributed by atoms with Crippen LogP contribution >= 0.6 is 11.3 Å². The lowest BCUT2D eigenvalue weighted by Gasteiger charge is -2.20. The Hall–Kier alpha value is -2.21. The summed E-state index contributed by atoms with van der Waals surface area (Å²) in [5.74, 6) is -1.72. The van der Waals surface area contributed by atoms with E-state index < -0.39 is 5.97 Å². The largest absolute Gasteiger partial charge is 0.477 e. The molecule has 1 heterocycles. The molecule has 0 saturated heterocycles. The van der Waals surface area contributed by atoms with Crippen molar-refractivity contribution in [2.75, 3.05) is 11.4 Å². The molecule has 0 radical (unpaired) electrons. The summed E-state index contributed by atoms with van der Waals surface area (Å²) in [6.07, 6.45) is 0. The van der Waals surface area contributed by atoms with Gasteiger partial charge < -0.3 is 10.0 Å². The monoisotopic (exact) mass is 293 g/mol. The molecule has 2 aromatic rings. The van der Waals surface area contributed by atoms with Crippen molar-refractivity contribution in [3.63, 3.8) is 0 Å². The summed E-state index contributed by atoms with van der Waals surface area (Å²) in [4.78, 5) is 25.1. The van der Waals surface area contributed by atoms with Gasteiger partial charge in [-0.1, -0.05) is 0 Å². The highest BCUT2D eigenvalue weighted by atomic mass is 32.1. The molecule has 0 unspecified atom stereocenters. The molecule has 0 aliphatic carbocycles. The number of rotatable bonds is 4. The van der Waals surface area contributed by atoms with Crippen molar-refractivity contribution in [3.8, 4) is 0 Å². The molecular weight excluding hydrogens is 281 g/mol. The Morgan fingerprint density at radius 3 is 2.25 bits per heavy atom. The number of carboxylic acids is 1. The number of hydrogen-bond donors (Lipinski definition) is 1. The molecule has 6 heteroatoms. The number of anilines is 1. The summed E-state index contributed by atoms with van der Waals surface area (Å²) in [5.41, 5.74) is 0.573. The lowest BCUT2D eigenvalue weighted by atomic mass is 10.2. The maximum Gasteiger partial charge on any atom is 0.345 e. The smallest absolute Gasteiger partial charge is 0.345 e. The normalized spacial score (nSPS) is 10.3. The fourth-order valence-electron chi connectivity index (χ4n) is 1.77. The molecule has 2 rings (SSSR count). The number of hydrogen-bond acceptors (Lipinski definition) is 3. The number of halogens is 1. The number of aromatic carboxylic acids is 1.